The fourth-order valence-corrected chi connectivity index (χ4v) is 7.05. The summed E-state index contributed by atoms with van der Waals surface area (Å²) in [6, 6.07) is 0. The number of carbonyl (C=O) groups excluding carboxylic acids is 1. The van der Waals surface area contributed by atoms with Crippen molar-refractivity contribution in [1.29, 1.82) is 0 Å². The van der Waals surface area contributed by atoms with E-state index in [1.54, 1.807) is 0 Å². The highest BCUT2D eigenvalue weighted by molar-refractivity contribution is 5.82. The molecule has 0 amide bonds. The van der Waals surface area contributed by atoms with Gasteiger partial charge in [0, 0.05) is 0 Å². The molecule has 1 atom stereocenters. The van der Waals surface area contributed by atoms with Crippen molar-refractivity contribution >= 4 is 5.97 Å². The van der Waals surface area contributed by atoms with E-state index in [1.807, 2.05) is 0 Å². The van der Waals surface area contributed by atoms with Gasteiger partial charge in [-0.25, -0.2) is 0 Å². The minimum absolute atomic E-state index is 0.00606. The third kappa shape index (κ3) is 29.6. The third-order valence-corrected chi connectivity index (χ3v) is 10.4. The summed E-state index contributed by atoms with van der Waals surface area (Å²) in [4.78, 5) is 12.0. The van der Waals surface area contributed by atoms with Gasteiger partial charge in [-0.2, -0.15) is 0 Å². The molecule has 2 nitrogen and oxygen atoms in total. The number of ether oxygens (including phenoxy) is 1. The molecule has 0 saturated carbocycles. The Labute approximate surface area is 301 Å². The molecule has 0 aromatic rings. The van der Waals surface area contributed by atoms with E-state index in [-0.39, 0.29) is 11.9 Å². The molecule has 1 fully saturated rings. The monoisotopic (exact) mass is 669 g/mol. The lowest BCUT2D eigenvalue weighted by Crippen LogP contribution is -2.32. The molecule has 1 rings (SSSR count). The van der Waals surface area contributed by atoms with Crippen LogP contribution < -0.4 is 0 Å². The second kappa shape index (κ2) is 37.0. The number of carbonyl (C=O) groups is 1. The Morgan fingerprint density at radius 3 is 1.02 bits per heavy atom. The van der Waals surface area contributed by atoms with Gasteiger partial charge in [0.05, 0.1) is 0 Å². The molecular weight excluding hydrogens is 585 g/mol. The van der Waals surface area contributed by atoms with E-state index in [1.165, 1.54) is 212 Å². The Morgan fingerprint density at radius 2 is 0.688 bits per heavy atom. The maximum atomic E-state index is 12.0. The zero-order valence-corrected chi connectivity index (χ0v) is 32.7. The Balaban J connectivity index is 1.84. The first kappa shape index (κ1) is 44.7. The molecule has 0 bridgehead atoms. The van der Waals surface area contributed by atoms with E-state index >= 15 is 0 Å². The first-order chi connectivity index (χ1) is 23.8. The second-order valence-electron chi connectivity index (χ2n) is 15.2. The van der Waals surface area contributed by atoms with Crippen molar-refractivity contribution in [3.05, 3.63) is 36.1 Å². The van der Waals surface area contributed by atoms with Gasteiger partial charge in [0.1, 0.15) is 11.7 Å². The Morgan fingerprint density at radius 1 is 0.396 bits per heavy atom. The molecule has 1 unspecified atom stereocenters. The van der Waals surface area contributed by atoms with Crippen LogP contribution in [-0.4, -0.2) is 5.97 Å². The Hall–Kier alpha value is -1.31. The fourth-order valence-electron chi connectivity index (χ4n) is 7.05. The van der Waals surface area contributed by atoms with Gasteiger partial charge in [-0.05, 0) is 76.7 Å². The first-order valence-electron chi connectivity index (χ1n) is 22.0. The molecule has 0 radical (unpaired) electrons. The quantitative estimate of drug-likeness (QED) is 0.0372. The van der Waals surface area contributed by atoms with Crippen molar-refractivity contribution in [2.24, 2.45) is 5.92 Å². The largest absolute Gasteiger partial charge is 0.430 e. The van der Waals surface area contributed by atoms with Crippen molar-refractivity contribution in [1.82, 2.24) is 0 Å². The summed E-state index contributed by atoms with van der Waals surface area (Å²) in [6.45, 7) is 4.59. The van der Waals surface area contributed by atoms with Crippen molar-refractivity contribution in [3.63, 3.8) is 0 Å². The molecule has 1 heterocycles. The molecule has 1 aliphatic heterocycles. The van der Waals surface area contributed by atoms with Crippen LogP contribution in [0.15, 0.2) is 36.1 Å². The average molecular weight is 669 g/mol. The van der Waals surface area contributed by atoms with Crippen LogP contribution in [0.2, 0.25) is 0 Å². The Kier molecular flexibility index (Phi) is 34.4. The van der Waals surface area contributed by atoms with Crippen LogP contribution in [0.5, 0.6) is 0 Å². The third-order valence-electron chi connectivity index (χ3n) is 10.4. The van der Waals surface area contributed by atoms with Gasteiger partial charge in [-0.3, -0.25) is 4.79 Å². The highest BCUT2D eigenvalue weighted by atomic mass is 16.6. The van der Waals surface area contributed by atoms with E-state index in [2.05, 4.69) is 44.2 Å². The van der Waals surface area contributed by atoms with Gasteiger partial charge in [0.25, 0.3) is 0 Å². The van der Waals surface area contributed by atoms with Crippen LogP contribution in [-0.2, 0) is 9.53 Å². The number of hydrogen-bond donors (Lipinski definition) is 0. The number of allylic oxidation sites excluding steroid dienone is 5. The van der Waals surface area contributed by atoms with Crippen molar-refractivity contribution in [2.45, 2.75) is 245 Å². The average Bonchev–Trinajstić information content (AvgIpc) is 3.09. The van der Waals surface area contributed by atoms with E-state index < -0.39 is 0 Å². The summed E-state index contributed by atoms with van der Waals surface area (Å²) in [5, 5.41) is 0. The van der Waals surface area contributed by atoms with Gasteiger partial charge in [-0.1, -0.05) is 199 Å². The van der Waals surface area contributed by atoms with Gasteiger partial charge in [-0.15, -0.1) is 0 Å². The molecule has 0 aliphatic carbocycles. The van der Waals surface area contributed by atoms with Crippen LogP contribution in [0, 0.1) is 5.92 Å². The van der Waals surface area contributed by atoms with Gasteiger partial charge >= 0.3 is 5.97 Å². The van der Waals surface area contributed by atoms with Crippen LogP contribution >= 0.6 is 0 Å². The minimum Gasteiger partial charge on any atom is -0.430 e. The van der Waals surface area contributed by atoms with E-state index in [0.29, 0.717) is 0 Å². The van der Waals surface area contributed by atoms with Gasteiger partial charge in [0.15, 0.2) is 0 Å². The Bertz CT molecular complexity index is 762. The molecule has 0 aromatic heterocycles. The normalized spacial score (nSPS) is 15.7. The summed E-state index contributed by atoms with van der Waals surface area (Å²) >= 11 is 0. The first-order valence-corrected chi connectivity index (χ1v) is 22.0. The number of unbranched alkanes of at least 4 members (excludes halogenated alkanes) is 31. The summed E-state index contributed by atoms with van der Waals surface area (Å²) in [7, 11) is 0. The van der Waals surface area contributed by atoms with Crippen LogP contribution in [0.1, 0.15) is 245 Å². The van der Waals surface area contributed by atoms with Crippen molar-refractivity contribution < 1.29 is 9.53 Å². The lowest BCUT2D eigenvalue weighted by Gasteiger charge is -2.28. The predicted molar refractivity (Wildman–Crippen MR) is 214 cm³/mol. The number of hydrogen-bond acceptors (Lipinski definition) is 2. The van der Waals surface area contributed by atoms with E-state index in [9.17, 15) is 4.79 Å². The second-order valence-corrected chi connectivity index (χ2v) is 15.2. The zero-order chi connectivity index (χ0) is 34.4. The summed E-state index contributed by atoms with van der Waals surface area (Å²) in [5.41, 5.74) is 0. The number of esters is 1. The molecule has 0 aromatic carbocycles. The molecule has 2 heteroatoms. The minimum atomic E-state index is 0.00606. The summed E-state index contributed by atoms with van der Waals surface area (Å²) in [5.74, 6) is 1.03. The van der Waals surface area contributed by atoms with E-state index in [4.69, 9.17) is 4.74 Å². The number of rotatable bonds is 38. The van der Waals surface area contributed by atoms with Crippen molar-refractivity contribution in [2.75, 3.05) is 0 Å². The molecular formula is C46H84O2. The smallest absolute Gasteiger partial charge is 0.321 e. The van der Waals surface area contributed by atoms with Gasteiger partial charge in [0.2, 0.25) is 0 Å². The molecule has 280 valence electrons. The van der Waals surface area contributed by atoms with Gasteiger partial charge < -0.3 is 4.74 Å². The fraction of sp³-hybridized carbons (Fsp3) is 0.848. The molecule has 1 aliphatic rings. The van der Waals surface area contributed by atoms with Crippen LogP contribution in [0.25, 0.3) is 0 Å². The maximum Gasteiger partial charge on any atom is 0.321 e. The molecule has 48 heavy (non-hydrogen) atoms. The molecule has 0 spiro atoms. The summed E-state index contributed by atoms with van der Waals surface area (Å²) in [6.07, 6.45) is 60.2. The highest BCUT2D eigenvalue weighted by Gasteiger charge is 2.36. The molecule has 1 saturated heterocycles. The lowest BCUT2D eigenvalue weighted by atomic mass is 9.93. The van der Waals surface area contributed by atoms with Crippen LogP contribution in [0.4, 0.5) is 0 Å². The summed E-state index contributed by atoms with van der Waals surface area (Å²) < 4.78 is 5.39. The van der Waals surface area contributed by atoms with Crippen molar-refractivity contribution in [3.8, 4) is 0 Å². The standard InChI is InChI=1S/C46H84O2/c1-3-5-7-9-11-13-15-17-19-21-23-25-27-29-31-33-35-37-39-41-43-45-44(46(47)48-45)42-40-38-36-34-32-30-28-26-24-22-20-18-16-14-12-10-8-6-4-2/h27-30,43-44H,3-26,31-42H2,1-2H3/b29-27+,30-28+,45-43+. The van der Waals surface area contributed by atoms with E-state index in [0.717, 1.165) is 25.0 Å². The topological polar surface area (TPSA) is 26.3 Å². The zero-order valence-electron chi connectivity index (χ0n) is 32.7. The lowest BCUT2D eigenvalue weighted by molar-refractivity contribution is -0.157. The highest BCUT2D eigenvalue weighted by Crippen LogP contribution is 2.32. The molecule has 0 N–H and O–H groups in total. The maximum absolute atomic E-state index is 12.0. The SMILES string of the molecule is CCCCCCCCCCCCC/C=C/CCCCCC/C=C1/OC(=O)C1CCCCCC/C=C/CCCCCCCCCCCCC. The van der Waals surface area contributed by atoms with Crippen LogP contribution in [0.3, 0.4) is 0 Å². The number of cyclic esters (lactones) is 1. The predicted octanol–water partition coefficient (Wildman–Crippen LogP) is 16.2.